The van der Waals surface area contributed by atoms with Crippen molar-refractivity contribution in [3.05, 3.63) is 60.9 Å². The third kappa shape index (κ3) is 4.14. The Kier molecular flexibility index (Phi) is 5.35. The maximum Gasteiger partial charge on any atom is 0.249 e. The number of rotatable bonds is 7. The smallest absolute Gasteiger partial charge is 0.249 e. The van der Waals surface area contributed by atoms with Gasteiger partial charge in [0.2, 0.25) is 5.88 Å². The van der Waals surface area contributed by atoms with E-state index in [1.807, 2.05) is 34.9 Å². The van der Waals surface area contributed by atoms with Crippen LogP contribution >= 0.6 is 0 Å². The second-order valence-electron chi connectivity index (χ2n) is 7.52. The molecule has 0 amide bonds. The van der Waals surface area contributed by atoms with E-state index in [-0.39, 0.29) is 6.10 Å². The first-order chi connectivity index (χ1) is 15.3. The Morgan fingerprint density at radius 1 is 1.06 bits per heavy atom. The molecule has 0 N–H and O–H groups in total. The van der Waals surface area contributed by atoms with E-state index in [4.69, 9.17) is 14.2 Å². The average Bonchev–Trinajstić information content (AvgIpc) is 3.46. The Balaban J connectivity index is 1.45. The van der Waals surface area contributed by atoms with Crippen molar-refractivity contribution < 1.29 is 14.2 Å². The van der Waals surface area contributed by atoms with Crippen LogP contribution in [0.15, 0.2) is 55.4 Å². The Bertz CT molecular complexity index is 1170. The number of fused-ring (bicyclic) bond motifs is 1. The van der Waals surface area contributed by atoms with Crippen LogP contribution in [0.1, 0.15) is 31.2 Å². The van der Waals surface area contributed by atoms with Crippen LogP contribution in [0.4, 0.5) is 0 Å². The van der Waals surface area contributed by atoms with Crippen LogP contribution in [0.2, 0.25) is 0 Å². The fraction of sp³-hybridized carbons (Fsp3) is 0.304. The van der Waals surface area contributed by atoms with Crippen molar-refractivity contribution in [1.82, 2.24) is 24.5 Å². The van der Waals surface area contributed by atoms with Crippen molar-refractivity contribution in [1.29, 1.82) is 0 Å². The van der Waals surface area contributed by atoms with Gasteiger partial charge < -0.3 is 18.8 Å². The van der Waals surface area contributed by atoms with E-state index >= 15 is 0 Å². The first-order valence-electron chi connectivity index (χ1n) is 10.4. The number of aromatic nitrogens is 5. The van der Waals surface area contributed by atoms with Gasteiger partial charge in [-0.25, -0.2) is 9.97 Å². The molecule has 0 atom stereocenters. The number of nitrogens with zero attached hydrogens (tertiary/aromatic N) is 5. The zero-order valence-corrected chi connectivity index (χ0v) is 17.3. The average molecular weight is 417 g/mol. The minimum absolute atomic E-state index is 0.256. The van der Waals surface area contributed by atoms with Crippen LogP contribution in [-0.2, 0) is 6.54 Å². The molecule has 8 heteroatoms. The van der Waals surface area contributed by atoms with Crippen LogP contribution in [0.5, 0.6) is 23.1 Å². The van der Waals surface area contributed by atoms with Gasteiger partial charge >= 0.3 is 0 Å². The summed E-state index contributed by atoms with van der Waals surface area (Å²) < 4.78 is 19.7. The van der Waals surface area contributed by atoms with Gasteiger partial charge in [-0.15, -0.1) is 0 Å². The van der Waals surface area contributed by atoms with E-state index in [1.54, 1.807) is 25.8 Å². The number of benzene rings is 1. The minimum atomic E-state index is 0.256. The van der Waals surface area contributed by atoms with Gasteiger partial charge in [0, 0.05) is 12.7 Å². The van der Waals surface area contributed by atoms with Crippen LogP contribution < -0.4 is 14.2 Å². The van der Waals surface area contributed by atoms with Crippen LogP contribution in [-0.4, -0.2) is 37.7 Å². The van der Waals surface area contributed by atoms with Crippen molar-refractivity contribution >= 4 is 11.2 Å². The number of hydrogen-bond acceptors (Lipinski definition) is 7. The fourth-order valence-electron chi connectivity index (χ4n) is 3.89. The lowest BCUT2D eigenvalue weighted by atomic mass is 10.2. The minimum Gasteiger partial charge on any atom is -0.493 e. The van der Waals surface area contributed by atoms with E-state index in [0.29, 0.717) is 23.8 Å². The van der Waals surface area contributed by atoms with E-state index in [0.717, 1.165) is 35.4 Å². The maximum absolute atomic E-state index is 6.24. The summed E-state index contributed by atoms with van der Waals surface area (Å²) in [6, 6.07) is 9.65. The molecule has 1 saturated carbocycles. The summed E-state index contributed by atoms with van der Waals surface area (Å²) in [4.78, 5) is 17.1. The van der Waals surface area contributed by atoms with Gasteiger partial charge in [-0.3, -0.25) is 4.98 Å². The number of methoxy groups -OCH3 is 1. The molecule has 5 rings (SSSR count). The third-order valence-corrected chi connectivity index (χ3v) is 5.40. The molecule has 0 spiro atoms. The lowest BCUT2D eigenvalue weighted by Gasteiger charge is -2.17. The zero-order valence-electron chi connectivity index (χ0n) is 17.3. The molecule has 0 saturated heterocycles. The molecule has 8 nitrogen and oxygen atoms in total. The van der Waals surface area contributed by atoms with E-state index in [9.17, 15) is 0 Å². The highest BCUT2D eigenvalue weighted by atomic mass is 16.5. The summed E-state index contributed by atoms with van der Waals surface area (Å²) in [5.74, 6) is 2.56. The highest BCUT2D eigenvalue weighted by Gasteiger charge is 2.19. The monoisotopic (exact) mass is 417 g/mol. The molecule has 3 aromatic heterocycles. The third-order valence-electron chi connectivity index (χ3n) is 5.40. The molecule has 1 aliphatic carbocycles. The summed E-state index contributed by atoms with van der Waals surface area (Å²) in [5, 5.41) is 0. The number of pyridine rings is 1. The summed E-state index contributed by atoms with van der Waals surface area (Å²) in [7, 11) is 1.67. The molecule has 1 aliphatic rings. The number of imidazole rings is 1. The van der Waals surface area contributed by atoms with Crippen molar-refractivity contribution in [2.45, 2.75) is 38.3 Å². The first-order valence-corrected chi connectivity index (χ1v) is 10.4. The molecule has 0 aliphatic heterocycles. The van der Waals surface area contributed by atoms with Crippen LogP contribution in [0.25, 0.3) is 11.2 Å². The van der Waals surface area contributed by atoms with Crippen molar-refractivity contribution in [2.24, 2.45) is 0 Å². The molecular weight excluding hydrogens is 394 g/mol. The standard InChI is InChI=1S/C23H23N5O3/c1-29-19-9-8-16(11-20(19)30-17-5-2-3-6-17)13-28-15-27-22-21(28)23(26-14-25-22)31-18-7-4-10-24-12-18/h4,7-12,14-15,17H,2-3,5-6,13H2,1H3. The SMILES string of the molecule is COc1ccc(Cn2cnc3ncnc(Oc4cccnc4)c32)cc1OC1CCCC1. The highest BCUT2D eigenvalue weighted by Crippen LogP contribution is 2.33. The lowest BCUT2D eigenvalue weighted by molar-refractivity contribution is 0.200. The lowest BCUT2D eigenvalue weighted by Crippen LogP contribution is -2.12. The van der Waals surface area contributed by atoms with E-state index in [1.165, 1.54) is 19.2 Å². The second kappa shape index (κ2) is 8.59. The normalized spacial score (nSPS) is 14.1. The molecule has 3 heterocycles. The Morgan fingerprint density at radius 3 is 2.77 bits per heavy atom. The van der Waals surface area contributed by atoms with Gasteiger partial charge in [0.05, 0.1) is 25.7 Å². The second-order valence-corrected chi connectivity index (χ2v) is 7.52. The van der Waals surface area contributed by atoms with Gasteiger partial charge in [-0.1, -0.05) is 6.07 Å². The maximum atomic E-state index is 6.24. The molecule has 0 unspecified atom stereocenters. The largest absolute Gasteiger partial charge is 0.493 e. The Labute approximate surface area is 179 Å². The molecule has 0 bridgehead atoms. The van der Waals surface area contributed by atoms with Crippen molar-refractivity contribution in [2.75, 3.05) is 7.11 Å². The van der Waals surface area contributed by atoms with Crippen LogP contribution in [0.3, 0.4) is 0 Å². The van der Waals surface area contributed by atoms with Gasteiger partial charge in [0.25, 0.3) is 0 Å². The Hall–Kier alpha value is -3.68. The predicted molar refractivity (Wildman–Crippen MR) is 115 cm³/mol. The Morgan fingerprint density at radius 2 is 1.97 bits per heavy atom. The summed E-state index contributed by atoms with van der Waals surface area (Å²) >= 11 is 0. The van der Waals surface area contributed by atoms with Gasteiger partial charge in [-0.2, -0.15) is 4.98 Å². The molecule has 1 fully saturated rings. The topological polar surface area (TPSA) is 84.2 Å². The molecule has 4 aromatic rings. The molecular formula is C23H23N5O3. The molecule has 31 heavy (non-hydrogen) atoms. The van der Waals surface area contributed by atoms with Crippen LogP contribution in [0, 0.1) is 0 Å². The van der Waals surface area contributed by atoms with Crippen molar-refractivity contribution in [3.8, 4) is 23.1 Å². The zero-order chi connectivity index (χ0) is 21.0. The predicted octanol–water partition coefficient (Wildman–Crippen LogP) is 4.39. The summed E-state index contributed by atoms with van der Waals surface area (Å²) in [6.07, 6.45) is 11.4. The molecule has 1 aromatic carbocycles. The summed E-state index contributed by atoms with van der Waals surface area (Å²) in [6.45, 7) is 0.568. The fourth-order valence-corrected chi connectivity index (χ4v) is 3.89. The van der Waals surface area contributed by atoms with Gasteiger partial charge in [-0.05, 0) is 55.5 Å². The first kappa shape index (κ1) is 19.3. The number of ether oxygens (including phenoxy) is 3. The van der Waals surface area contributed by atoms with Gasteiger partial charge in [0.15, 0.2) is 22.7 Å². The van der Waals surface area contributed by atoms with E-state index < -0.39 is 0 Å². The van der Waals surface area contributed by atoms with Gasteiger partial charge in [0.1, 0.15) is 12.1 Å². The quantitative estimate of drug-likeness (QED) is 0.441. The number of hydrogen-bond donors (Lipinski definition) is 0. The molecule has 158 valence electrons. The molecule has 0 radical (unpaired) electrons. The summed E-state index contributed by atoms with van der Waals surface area (Å²) in [5.41, 5.74) is 2.36. The van der Waals surface area contributed by atoms with Crippen molar-refractivity contribution in [3.63, 3.8) is 0 Å². The highest BCUT2D eigenvalue weighted by molar-refractivity contribution is 5.76. The van der Waals surface area contributed by atoms with E-state index in [2.05, 4.69) is 19.9 Å².